The lowest BCUT2D eigenvalue weighted by Gasteiger charge is -2.29. The van der Waals surface area contributed by atoms with Crippen molar-refractivity contribution in [2.24, 2.45) is 5.92 Å². The maximum atomic E-state index is 15.2. The number of halogens is 3. The number of unbranched alkanes of at least 4 members (excludes halogenated alkanes) is 5. The van der Waals surface area contributed by atoms with Gasteiger partial charge in [0.05, 0.1) is 12.7 Å². The Bertz CT molecular complexity index is 1210. The van der Waals surface area contributed by atoms with Crippen molar-refractivity contribution in [2.75, 3.05) is 6.61 Å². The van der Waals surface area contributed by atoms with E-state index in [0.717, 1.165) is 44.3 Å². The van der Waals surface area contributed by atoms with Gasteiger partial charge in [-0.3, -0.25) is 0 Å². The lowest BCUT2D eigenvalue weighted by atomic mass is 9.90. The highest BCUT2D eigenvalue weighted by Gasteiger charge is 2.23. The lowest BCUT2D eigenvalue weighted by molar-refractivity contribution is -0.0200. The molecule has 0 radical (unpaired) electrons. The van der Waals surface area contributed by atoms with E-state index in [0.29, 0.717) is 34.6 Å². The fraction of sp³-hybridized carbons (Fsp3) is 0.429. The second kappa shape index (κ2) is 14.5. The number of hydrogen-bond donors (Lipinski definition) is 0. The molecular formula is C35H41F3O. The molecule has 2 atom stereocenters. The largest absolute Gasteiger partial charge is 0.373 e. The summed E-state index contributed by atoms with van der Waals surface area (Å²) in [4.78, 5) is 0. The molecule has 0 spiro atoms. The van der Waals surface area contributed by atoms with E-state index in [2.05, 4.69) is 13.5 Å². The van der Waals surface area contributed by atoms with Gasteiger partial charge >= 0.3 is 0 Å². The highest BCUT2D eigenvalue weighted by atomic mass is 19.2. The third-order valence-electron chi connectivity index (χ3n) is 7.97. The molecular weight excluding hydrogens is 493 g/mol. The van der Waals surface area contributed by atoms with Crippen LogP contribution in [0.1, 0.15) is 88.4 Å². The first-order chi connectivity index (χ1) is 19.0. The monoisotopic (exact) mass is 534 g/mol. The summed E-state index contributed by atoms with van der Waals surface area (Å²) in [6.07, 6.45) is 13.2. The van der Waals surface area contributed by atoms with Crippen LogP contribution in [-0.4, -0.2) is 6.61 Å². The number of allylic oxidation sites excluding steroid dienone is 1. The van der Waals surface area contributed by atoms with Gasteiger partial charge in [0, 0.05) is 11.1 Å². The molecule has 4 rings (SSSR count). The Morgan fingerprint density at radius 3 is 2.23 bits per heavy atom. The van der Waals surface area contributed by atoms with Gasteiger partial charge in [-0.25, -0.2) is 13.2 Å². The summed E-state index contributed by atoms with van der Waals surface area (Å²) < 4.78 is 50.9. The van der Waals surface area contributed by atoms with Gasteiger partial charge in [-0.15, -0.1) is 6.58 Å². The molecule has 1 nitrogen and oxygen atoms in total. The van der Waals surface area contributed by atoms with Crippen molar-refractivity contribution in [2.45, 2.75) is 83.7 Å². The smallest absolute Gasteiger partial charge is 0.166 e. The van der Waals surface area contributed by atoms with Gasteiger partial charge in [-0.1, -0.05) is 87.2 Å². The molecule has 1 saturated heterocycles. The zero-order valence-corrected chi connectivity index (χ0v) is 23.2. The second-order valence-electron chi connectivity index (χ2n) is 10.9. The molecule has 0 bridgehead atoms. The van der Waals surface area contributed by atoms with Crippen LogP contribution in [0.5, 0.6) is 0 Å². The average Bonchev–Trinajstić information content (AvgIpc) is 2.96. The highest BCUT2D eigenvalue weighted by molar-refractivity contribution is 5.71. The molecule has 1 fully saturated rings. The Morgan fingerprint density at radius 1 is 0.821 bits per heavy atom. The van der Waals surface area contributed by atoms with Crippen LogP contribution >= 0.6 is 0 Å². The summed E-state index contributed by atoms with van der Waals surface area (Å²) in [6, 6.07) is 15.6. The van der Waals surface area contributed by atoms with Crippen LogP contribution in [0, 0.1) is 23.4 Å². The summed E-state index contributed by atoms with van der Waals surface area (Å²) in [5, 5.41) is 0. The van der Waals surface area contributed by atoms with E-state index >= 15 is 4.39 Å². The third-order valence-corrected chi connectivity index (χ3v) is 7.97. The van der Waals surface area contributed by atoms with E-state index in [1.54, 1.807) is 48.5 Å². The van der Waals surface area contributed by atoms with Crippen molar-refractivity contribution in [1.82, 2.24) is 0 Å². The van der Waals surface area contributed by atoms with Crippen LogP contribution in [-0.2, 0) is 11.2 Å². The Morgan fingerprint density at radius 2 is 1.56 bits per heavy atom. The normalized spacial score (nSPS) is 17.3. The van der Waals surface area contributed by atoms with Crippen LogP contribution in [0.15, 0.2) is 67.3 Å². The van der Waals surface area contributed by atoms with Gasteiger partial charge in [0.15, 0.2) is 11.6 Å². The van der Waals surface area contributed by atoms with Crippen molar-refractivity contribution >= 4 is 0 Å². The molecule has 1 aliphatic heterocycles. The van der Waals surface area contributed by atoms with E-state index in [1.165, 1.54) is 32.1 Å². The summed E-state index contributed by atoms with van der Waals surface area (Å²) in [5.41, 5.74) is 3.21. The Hall–Kier alpha value is -2.85. The SMILES string of the molecule is C=CCCCCc1ccc(-c2ccc(-c3ccc(C4CCC(CCCCCC)CO4)cc3F)cc2)c(F)c1F. The maximum Gasteiger partial charge on any atom is 0.166 e. The molecule has 4 heteroatoms. The molecule has 208 valence electrons. The molecule has 2 unspecified atom stereocenters. The summed E-state index contributed by atoms with van der Waals surface area (Å²) in [5.74, 6) is -1.32. The van der Waals surface area contributed by atoms with Crippen LogP contribution in [0.4, 0.5) is 13.2 Å². The molecule has 0 amide bonds. The number of hydrogen-bond acceptors (Lipinski definition) is 1. The molecule has 1 heterocycles. The number of benzene rings is 3. The fourth-order valence-corrected chi connectivity index (χ4v) is 5.56. The van der Waals surface area contributed by atoms with Crippen molar-refractivity contribution in [3.63, 3.8) is 0 Å². The van der Waals surface area contributed by atoms with Gasteiger partial charge < -0.3 is 4.74 Å². The molecule has 3 aromatic carbocycles. The Labute approximate surface area is 232 Å². The summed E-state index contributed by atoms with van der Waals surface area (Å²) in [6.45, 7) is 6.66. The van der Waals surface area contributed by atoms with Crippen LogP contribution in [0.3, 0.4) is 0 Å². The van der Waals surface area contributed by atoms with Crippen molar-refractivity contribution in [1.29, 1.82) is 0 Å². The van der Waals surface area contributed by atoms with Crippen LogP contribution in [0.2, 0.25) is 0 Å². The molecule has 0 saturated carbocycles. The standard InChI is InChI=1S/C35H41F3O/c1-3-5-7-9-11-25-13-22-33(39-24-25)29-19-20-30(32(36)23-29)26-14-16-27(17-15-26)31-21-18-28(34(37)35(31)38)12-10-8-6-4-2/h4,14-21,23,25,33H,2-3,5-13,22,24H2,1H3. The molecule has 3 aromatic rings. The van der Waals surface area contributed by atoms with E-state index in [-0.39, 0.29) is 17.5 Å². The predicted molar refractivity (Wildman–Crippen MR) is 155 cm³/mol. The number of aryl methyl sites for hydroxylation is 1. The topological polar surface area (TPSA) is 9.23 Å². The quantitative estimate of drug-likeness (QED) is 0.156. The van der Waals surface area contributed by atoms with Gasteiger partial charge in [0.2, 0.25) is 0 Å². The predicted octanol–water partition coefficient (Wildman–Crippen LogP) is 10.8. The lowest BCUT2D eigenvalue weighted by Crippen LogP contribution is -2.20. The second-order valence-corrected chi connectivity index (χ2v) is 10.9. The third kappa shape index (κ3) is 7.63. The Kier molecular flexibility index (Phi) is 10.8. The average molecular weight is 535 g/mol. The highest BCUT2D eigenvalue weighted by Crippen LogP contribution is 2.35. The van der Waals surface area contributed by atoms with Crippen molar-refractivity contribution in [3.8, 4) is 22.3 Å². The molecule has 39 heavy (non-hydrogen) atoms. The summed E-state index contributed by atoms with van der Waals surface area (Å²) >= 11 is 0. The van der Waals surface area contributed by atoms with Gasteiger partial charge in [-0.2, -0.15) is 0 Å². The van der Waals surface area contributed by atoms with Crippen molar-refractivity contribution in [3.05, 3.63) is 95.8 Å². The van der Waals surface area contributed by atoms with Crippen LogP contribution < -0.4 is 0 Å². The number of ether oxygens (including phenoxy) is 1. The summed E-state index contributed by atoms with van der Waals surface area (Å²) in [7, 11) is 0. The molecule has 0 aromatic heterocycles. The molecule has 0 N–H and O–H groups in total. The molecule has 0 aliphatic carbocycles. The van der Waals surface area contributed by atoms with E-state index in [1.807, 2.05) is 12.1 Å². The number of rotatable bonds is 13. The minimum Gasteiger partial charge on any atom is -0.373 e. The van der Waals surface area contributed by atoms with Gasteiger partial charge in [0.1, 0.15) is 5.82 Å². The van der Waals surface area contributed by atoms with E-state index in [4.69, 9.17) is 4.74 Å². The Balaban J connectivity index is 1.39. The fourth-order valence-electron chi connectivity index (χ4n) is 5.56. The van der Waals surface area contributed by atoms with Crippen LogP contribution in [0.25, 0.3) is 22.3 Å². The minimum absolute atomic E-state index is 0.0642. The van der Waals surface area contributed by atoms with Crippen molar-refractivity contribution < 1.29 is 17.9 Å². The first-order valence-corrected chi connectivity index (χ1v) is 14.6. The first-order valence-electron chi connectivity index (χ1n) is 14.6. The maximum absolute atomic E-state index is 15.2. The zero-order valence-electron chi connectivity index (χ0n) is 23.2. The zero-order chi connectivity index (χ0) is 27.6. The molecule has 1 aliphatic rings. The minimum atomic E-state index is -0.838. The van der Waals surface area contributed by atoms with E-state index in [9.17, 15) is 8.78 Å². The van der Waals surface area contributed by atoms with Gasteiger partial charge in [-0.05, 0) is 79.2 Å². The first kappa shape index (κ1) is 29.1. The van der Waals surface area contributed by atoms with Gasteiger partial charge in [0.25, 0.3) is 0 Å². The van der Waals surface area contributed by atoms with E-state index < -0.39 is 11.6 Å².